The summed E-state index contributed by atoms with van der Waals surface area (Å²) in [5.74, 6) is -0.343. The highest BCUT2D eigenvalue weighted by Crippen LogP contribution is 2.22. The number of aliphatic hydroxyl groups excluding tert-OH is 1. The molecule has 0 saturated carbocycles. The first-order valence-corrected chi connectivity index (χ1v) is 7.27. The van der Waals surface area contributed by atoms with Gasteiger partial charge in [0.05, 0.1) is 11.8 Å². The Hall–Kier alpha value is -0.910. The van der Waals surface area contributed by atoms with Gasteiger partial charge in [0.15, 0.2) is 0 Å². The van der Waals surface area contributed by atoms with Gasteiger partial charge in [-0.15, -0.1) is 0 Å². The molecule has 0 aliphatic rings. The van der Waals surface area contributed by atoms with E-state index in [1.165, 1.54) is 6.07 Å². The van der Waals surface area contributed by atoms with E-state index in [4.69, 9.17) is 0 Å². The van der Waals surface area contributed by atoms with E-state index >= 15 is 0 Å². The van der Waals surface area contributed by atoms with E-state index in [-0.39, 0.29) is 12.4 Å². The van der Waals surface area contributed by atoms with Crippen LogP contribution < -0.4 is 5.32 Å². The lowest BCUT2D eigenvalue weighted by Crippen LogP contribution is -2.13. The normalized spacial score (nSPS) is 12.2. The van der Waals surface area contributed by atoms with Crippen LogP contribution in [0.1, 0.15) is 11.7 Å². The maximum atomic E-state index is 13.5. The lowest BCUT2D eigenvalue weighted by atomic mass is 10.1. The molecular weight excluding hydrogens is 377 g/mol. The summed E-state index contributed by atoms with van der Waals surface area (Å²) in [6.45, 7) is 0.240. The molecule has 0 aromatic heterocycles. The number of benzene rings is 2. The number of hydrogen-bond donors (Lipinski definition) is 2. The number of halogens is 3. The molecule has 0 aliphatic carbocycles. The zero-order valence-electron chi connectivity index (χ0n) is 9.91. The van der Waals surface area contributed by atoms with Crippen molar-refractivity contribution in [3.05, 3.63) is 62.8 Å². The van der Waals surface area contributed by atoms with Crippen LogP contribution >= 0.6 is 31.9 Å². The first-order valence-electron chi connectivity index (χ1n) is 5.69. The molecule has 0 heterocycles. The van der Waals surface area contributed by atoms with E-state index in [0.29, 0.717) is 5.69 Å². The van der Waals surface area contributed by atoms with E-state index < -0.39 is 6.10 Å². The fraction of sp³-hybridized carbons (Fsp3) is 0.143. The molecular formula is C14H12Br2FNO. The smallest absolute Gasteiger partial charge is 0.146 e. The number of nitrogens with one attached hydrogen (secondary N) is 1. The summed E-state index contributed by atoms with van der Waals surface area (Å²) in [4.78, 5) is 0. The van der Waals surface area contributed by atoms with Gasteiger partial charge in [-0.1, -0.05) is 44.0 Å². The number of anilines is 1. The summed E-state index contributed by atoms with van der Waals surface area (Å²) in [5, 5.41) is 13.0. The van der Waals surface area contributed by atoms with Gasteiger partial charge in [-0.05, 0) is 35.9 Å². The minimum absolute atomic E-state index is 0.240. The van der Waals surface area contributed by atoms with Crippen LogP contribution in [0.5, 0.6) is 0 Å². The van der Waals surface area contributed by atoms with Crippen molar-refractivity contribution in [2.45, 2.75) is 6.10 Å². The molecule has 0 aliphatic heterocycles. The third-order valence-corrected chi connectivity index (χ3v) is 3.63. The molecule has 5 heteroatoms. The predicted octanol–water partition coefficient (Wildman–Crippen LogP) is 4.50. The molecule has 19 heavy (non-hydrogen) atoms. The quantitative estimate of drug-likeness (QED) is 0.808. The van der Waals surface area contributed by atoms with Gasteiger partial charge in [0, 0.05) is 15.5 Å². The summed E-state index contributed by atoms with van der Waals surface area (Å²) >= 11 is 6.63. The Balaban J connectivity index is 2.04. The lowest BCUT2D eigenvalue weighted by Gasteiger charge is -2.14. The number of hydrogen-bond acceptors (Lipinski definition) is 2. The van der Waals surface area contributed by atoms with Crippen molar-refractivity contribution in [2.75, 3.05) is 11.9 Å². The average Bonchev–Trinajstić information content (AvgIpc) is 2.39. The molecule has 1 atom stereocenters. The summed E-state index contributed by atoms with van der Waals surface area (Å²) in [7, 11) is 0. The van der Waals surface area contributed by atoms with Crippen LogP contribution in [0.2, 0.25) is 0 Å². The standard InChI is InChI=1S/C14H12Br2FNO/c15-10-3-1-2-9(6-10)14(19)8-18-13-7-11(16)4-5-12(13)17/h1-7,14,18-19H,8H2. The van der Waals surface area contributed by atoms with Crippen molar-refractivity contribution >= 4 is 37.5 Å². The molecule has 0 radical (unpaired) electrons. The Kier molecular flexibility index (Phi) is 4.96. The zero-order valence-corrected chi connectivity index (χ0v) is 13.1. The van der Waals surface area contributed by atoms with E-state index in [1.54, 1.807) is 12.1 Å². The van der Waals surface area contributed by atoms with Crippen molar-refractivity contribution in [1.82, 2.24) is 0 Å². The average molecular weight is 389 g/mol. The fourth-order valence-corrected chi connectivity index (χ4v) is 2.45. The van der Waals surface area contributed by atoms with Crippen LogP contribution in [0.15, 0.2) is 51.4 Å². The Labute approximate surface area is 127 Å². The van der Waals surface area contributed by atoms with Crippen molar-refractivity contribution < 1.29 is 9.50 Å². The molecule has 100 valence electrons. The van der Waals surface area contributed by atoms with Gasteiger partial charge >= 0.3 is 0 Å². The second-order valence-corrected chi connectivity index (χ2v) is 5.91. The van der Waals surface area contributed by atoms with Crippen LogP contribution in [0.4, 0.5) is 10.1 Å². The molecule has 0 spiro atoms. The van der Waals surface area contributed by atoms with Gasteiger partial charge in [0.1, 0.15) is 5.82 Å². The summed E-state index contributed by atoms with van der Waals surface area (Å²) in [6.07, 6.45) is -0.698. The molecule has 0 bridgehead atoms. The minimum Gasteiger partial charge on any atom is -0.387 e. The monoisotopic (exact) mass is 387 g/mol. The Morgan fingerprint density at radius 2 is 1.84 bits per heavy atom. The van der Waals surface area contributed by atoms with Gasteiger partial charge in [0.2, 0.25) is 0 Å². The van der Waals surface area contributed by atoms with E-state index in [2.05, 4.69) is 37.2 Å². The maximum Gasteiger partial charge on any atom is 0.146 e. The molecule has 0 saturated heterocycles. The van der Waals surface area contributed by atoms with E-state index in [9.17, 15) is 9.50 Å². The number of aliphatic hydroxyl groups is 1. The maximum absolute atomic E-state index is 13.5. The predicted molar refractivity (Wildman–Crippen MR) is 81.7 cm³/mol. The van der Waals surface area contributed by atoms with Crippen molar-refractivity contribution in [3.63, 3.8) is 0 Å². The largest absolute Gasteiger partial charge is 0.387 e. The molecule has 2 aromatic carbocycles. The summed E-state index contributed by atoms with van der Waals surface area (Å²) in [5.41, 5.74) is 1.14. The van der Waals surface area contributed by atoms with Crippen LogP contribution in [-0.2, 0) is 0 Å². The molecule has 0 amide bonds. The van der Waals surface area contributed by atoms with Crippen LogP contribution in [-0.4, -0.2) is 11.7 Å². The van der Waals surface area contributed by atoms with Crippen LogP contribution in [0, 0.1) is 5.82 Å². The summed E-state index contributed by atoms with van der Waals surface area (Å²) < 4.78 is 15.2. The first-order chi connectivity index (χ1) is 9.06. The van der Waals surface area contributed by atoms with Gasteiger partial charge in [0.25, 0.3) is 0 Å². The van der Waals surface area contributed by atoms with Crippen molar-refractivity contribution in [2.24, 2.45) is 0 Å². The SMILES string of the molecule is OC(CNc1cc(Br)ccc1F)c1cccc(Br)c1. The molecule has 0 fully saturated rings. The highest BCUT2D eigenvalue weighted by Gasteiger charge is 2.09. The van der Waals surface area contributed by atoms with Crippen molar-refractivity contribution in [3.8, 4) is 0 Å². The minimum atomic E-state index is -0.698. The highest BCUT2D eigenvalue weighted by atomic mass is 79.9. The van der Waals surface area contributed by atoms with Gasteiger partial charge in [-0.25, -0.2) is 4.39 Å². The second-order valence-electron chi connectivity index (χ2n) is 4.08. The summed E-state index contributed by atoms with van der Waals surface area (Å²) in [6, 6.07) is 12.0. The van der Waals surface area contributed by atoms with E-state index in [1.807, 2.05) is 24.3 Å². The van der Waals surface area contributed by atoms with Gasteiger partial charge in [-0.2, -0.15) is 0 Å². The topological polar surface area (TPSA) is 32.3 Å². The third-order valence-electron chi connectivity index (χ3n) is 2.65. The second kappa shape index (κ2) is 6.50. The van der Waals surface area contributed by atoms with Gasteiger partial charge in [-0.3, -0.25) is 0 Å². The Bertz CT molecular complexity index is 577. The first kappa shape index (κ1) is 14.5. The van der Waals surface area contributed by atoms with Gasteiger partial charge < -0.3 is 10.4 Å². The molecule has 1 unspecified atom stereocenters. The van der Waals surface area contributed by atoms with Crippen LogP contribution in [0.25, 0.3) is 0 Å². The molecule has 2 nitrogen and oxygen atoms in total. The highest BCUT2D eigenvalue weighted by molar-refractivity contribution is 9.10. The Morgan fingerprint density at radius 3 is 2.58 bits per heavy atom. The number of rotatable bonds is 4. The fourth-order valence-electron chi connectivity index (χ4n) is 1.67. The van der Waals surface area contributed by atoms with Crippen LogP contribution in [0.3, 0.4) is 0 Å². The molecule has 2 aromatic rings. The van der Waals surface area contributed by atoms with E-state index in [0.717, 1.165) is 14.5 Å². The third kappa shape index (κ3) is 4.03. The lowest BCUT2D eigenvalue weighted by molar-refractivity contribution is 0.191. The molecule has 2 N–H and O–H groups in total. The molecule has 2 rings (SSSR count). The van der Waals surface area contributed by atoms with Crippen molar-refractivity contribution in [1.29, 1.82) is 0 Å². The Morgan fingerprint density at radius 1 is 1.11 bits per heavy atom. The zero-order chi connectivity index (χ0) is 13.8.